The Morgan fingerprint density at radius 3 is 2.21 bits per heavy atom. The van der Waals surface area contributed by atoms with Gasteiger partial charge in [-0.3, -0.25) is 0 Å². The summed E-state index contributed by atoms with van der Waals surface area (Å²) in [5.74, 6) is 0. The maximum atomic E-state index is 10.3. The van der Waals surface area contributed by atoms with Gasteiger partial charge < -0.3 is 25.2 Å². The molecule has 0 spiro atoms. The van der Waals surface area contributed by atoms with Gasteiger partial charge in [-0.1, -0.05) is 48.5 Å². The first kappa shape index (κ1) is 19.7. The topological polar surface area (TPSA) is 140 Å². The van der Waals surface area contributed by atoms with E-state index < -0.39 is 37.1 Å². The highest BCUT2D eigenvalue weighted by Crippen LogP contribution is 2.33. The van der Waals surface area contributed by atoms with Crippen molar-refractivity contribution in [1.29, 1.82) is 0 Å². The molecule has 1 fully saturated rings. The lowest BCUT2D eigenvalue weighted by Gasteiger charge is -2.40. The van der Waals surface area contributed by atoms with Gasteiger partial charge in [0.2, 0.25) is 6.17 Å². The van der Waals surface area contributed by atoms with Crippen LogP contribution in [0.1, 0.15) is 34.5 Å². The van der Waals surface area contributed by atoms with Crippen molar-refractivity contribution in [2.24, 2.45) is 20.7 Å². The first-order valence-electron chi connectivity index (χ1n) is 9.35. The van der Waals surface area contributed by atoms with Gasteiger partial charge in [-0.15, -0.1) is 10.2 Å². The van der Waals surface area contributed by atoms with Crippen molar-refractivity contribution in [3.63, 3.8) is 0 Å². The van der Waals surface area contributed by atoms with Crippen LogP contribution in [0.25, 0.3) is 0 Å². The quantitative estimate of drug-likeness (QED) is 0.606. The molecule has 2 heterocycles. The number of benzene rings is 2. The molecule has 1 saturated heterocycles. The Morgan fingerprint density at radius 1 is 0.793 bits per heavy atom. The van der Waals surface area contributed by atoms with Crippen molar-refractivity contribution in [2.45, 2.75) is 43.1 Å². The summed E-state index contributed by atoms with van der Waals surface area (Å²) in [4.78, 5) is 0. The van der Waals surface area contributed by atoms with Crippen LogP contribution >= 0.6 is 0 Å². The van der Waals surface area contributed by atoms with Crippen LogP contribution in [-0.2, 0) is 11.2 Å². The average Bonchev–Trinajstić information content (AvgIpc) is 3.28. The predicted octanol–water partition coefficient (Wildman–Crippen LogP) is 1.62. The molecule has 9 heteroatoms. The summed E-state index contributed by atoms with van der Waals surface area (Å²) < 4.78 is 5.65. The lowest BCUT2D eigenvalue weighted by molar-refractivity contribution is -0.231. The Morgan fingerprint density at radius 2 is 1.52 bits per heavy atom. The summed E-state index contributed by atoms with van der Waals surface area (Å²) in [6.45, 7) is -0.451. The summed E-state index contributed by atoms with van der Waals surface area (Å²) in [6, 6.07) is 15.3. The van der Waals surface area contributed by atoms with Crippen LogP contribution in [0.5, 0.6) is 0 Å². The van der Waals surface area contributed by atoms with E-state index in [4.69, 9.17) is 4.74 Å². The molecule has 4 rings (SSSR count). The molecule has 29 heavy (non-hydrogen) atoms. The Labute approximate surface area is 167 Å². The summed E-state index contributed by atoms with van der Waals surface area (Å²) >= 11 is 0. The monoisotopic (exact) mass is 398 g/mol. The molecular formula is C20H22N4O5. The molecule has 0 saturated carbocycles. The molecule has 0 bridgehead atoms. The molecule has 0 unspecified atom stereocenters. The van der Waals surface area contributed by atoms with Gasteiger partial charge in [-0.2, -0.15) is 0 Å². The van der Waals surface area contributed by atoms with E-state index in [2.05, 4.69) is 20.7 Å². The number of aliphatic hydroxyl groups excluding tert-OH is 4. The van der Waals surface area contributed by atoms with Gasteiger partial charge >= 0.3 is 0 Å². The van der Waals surface area contributed by atoms with Crippen molar-refractivity contribution in [1.82, 2.24) is 0 Å². The van der Waals surface area contributed by atoms with Crippen molar-refractivity contribution in [3.8, 4) is 0 Å². The molecule has 2 aromatic rings. The summed E-state index contributed by atoms with van der Waals surface area (Å²) in [5.41, 5.74) is 3.65. The molecule has 2 aromatic carbocycles. The average molecular weight is 398 g/mol. The van der Waals surface area contributed by atoms with Crippen LogP contribution in [0.15, 0.2) is 69.2 Å². The van der Waals surface area contributed by atoms with Gasteiger partial charge in [0.05, 0.1) is 6.61 Å². The molecule has 0 aliphatic carbocycles. The highest BCUT2D eigenvalue weighted by atomic mass is 16.5. The van der Waals surface area contributed by atoms with E-state index in [0.29, 0.717) is 12.0 Å². The maximum absolute atomic E-state index is 10.3. The van der Waals surface area contributed by atoms with E-state index in [0.717, 1.165) is 16.7 Å². The molecule has 2 aliphatic heterocycles. The first-order valence-corrected chi connectivity index (χ1v) is 9.35. The molecule has 4 N–H and O–H groups in total. The predicted molar refractivity (Wildman–Crippen MR) is 101 cm³/mol. The normalized spacial score (nSPS) is 29.4. The molecule has 0 radical (unpaired) electrons. The number of rotatable bonds is 5. The van der Waals surface area contributed by atoms with E-state index >= 15 is 0 Å². The second-order valence-corrected chi connectivity index (χ2v) is 7.20. The van der Waals surface area contributed by atoms with E-state index in [1.807, 2.05) is 42.5 Å². The Kier molecular flexibility index (Phi) is 5.74. The van der Waals surface area contributed by atoms with E-state index in [9.17, 15) is 20.4 Å². The summed E-state index contributed by atoms with van der Waals surface area (Å²) in [6.07, 6.45) is -5.56. The smallest absolute Gasteiger partial charge is 0.210 e. The van der Waals surface area contributed by atoms with Crippen molar-refractivity contribution >= 4 is 0 Å². The van der Waals surface area contributed by atoms with Crippen LogP contribution in [0.4, 0.5) is 0 Å². The van der Waals surface area contributed by atoms with Crippen molar-refractivity contribution < 1.29 is 25.2 Å². The van der Waals surface area contributed by atoms with E-state index in [-0.39, 0.29) is 6.17 Å². The Hall–Kier alpha value is -2.56. The minimum atomic E-state index is -1.40. The maximum Gasteiger partial charge on any atom is 0.210 e. The number of aliphatic hydroxyl groups is 4. The Bertz CT molecular complexity index is 890. The fourth-order valence-corrected chi connectivity index (χ4v) is 3.60. The second kappa shape index (κ2) is 8.44. The Balaban J connectivity index is 1.50. The highest BCUT2D eigenvalue weighted by molar-refractivity contribution is 5.33. The number of hydrogen-bond acceptors (Lipinski definition) is 9. The molecular weight excluding hydrogens is 376 g/mol. The molecule has 5 atom stereocenters. The fraction of sp³-hybridized carbons (Fsp3) is 0.400. The molecule has 9 nitrogen and oxygen atoms in total. The van der Waals surface area contributed by atoms with Gasteiger partial charge in [0.1, 0.15) is 30.5 Å². The van der Waals surface area contributed by atoms with Gasteiger partial charge in [0.15, 0.2) is 0 Å². The highest BCUT2D eigenvalue weighted by Gasteiger charge is 2.43. The van der Waals surface area contributed by atoms with Crippen LogP contribution < -0.4 is 0 Å². The molecule has 0 amide bonds. The third-order valence-corrected chi connectivity index (χ3v) is 5.22. The van der Waals surface area contributed by atoms with Crippen LogP contribution in [0.2, 0.25) is 0 Å². The molecule has 0 aromatic heterocycles. The van der Waals surface area contributed by atoms with Crippen molar-refractivity contribution in [3.05, 3.63) is 70.8 Å². The SMILES string of the molecule is OC[C@H]1O[C@@H](c2cccc(Cc3ccc(C4N=NN=N4)cc3)c2)[C@H](O)[C@@H](O)[C@@H]1O. The zero-order valence-corrected chi connectivity index (χ0v) is 15.5. The van der Waals surface area contributed by atoms with Crippen molar-refractivity contribution in [2.75, 3.05) is 6.61 Å². The van der Waals surface area contributed by atoms with Crippen LogP contribution in [0.3, 0.4) is 0 Å². The largest absolute Gasteiger partial charge is 0.394 e. The van der Waals surface area contributed by atoms with E-state index in [1.165, 1.54) is 0 Å². The zero-order valence-electron chi connectivity index (χ0n) is 15.5. The van der Waals surface area contributed by atoms with Crippen LogP contribution in [-0.4, -0.2) is 51.4 Å². The van der Waals surface area contributed by atoms with Gasteiger partial charge in [0.25, 0.3) is 0 Å². The molecule has 152 valence electrons. The van der Waals surface area contributed by atoms with E-state index in [1.54, 1.807) is 6.07 Å². The standard InChI is InChI=1S/C20H22N4O5/c25-10-15-16(26)17(27)18(28)19(29-15)14-3-1-2-12(9-14)8-11-4-6-13(7-5-11)20-21-23-24-22-20/h1-7,9,15-20,25-28H,8,10H2/t15-,16-,17+,18-,19+/m1/s1. The third-order valence-electron chi connectivity index (χ3n) is 5.22. The fourth-order valence-electron chi connectivity index (χ4n) is 3.60. The lowest BCUT2D eigenvalue weighted by Crippen LogP contribution is -2.55. The third kappa shape index (κ3) is 4.09. The van der Waals surface area contributed by atoms with Gasteiger partial charge in [0, 0.05) is 5.56 Å². The second-order valence-electron chi connectivity index (χ2n) is 7.20. The zero-order chi connectivity index (χ0) is 20.4. The lowest BCUT2D eigenvalue weighted by atomic mass is 9.90. The first-order chi connectivity index (χ1) is 14.1. The summed E-state index contributed by atoms with van der Waals surface area (Å²) in [5, 5.41) is 54.6. The number of ether oxygens (including phenoxy) is 1. The summed E-state index contributed by atoms with van der Waals surface area (Å²) in [7, 11) is 0. The van der Waals surface area contributed by atoms with Gasteiger partial charge in [-0.25, -0.2) is 0 Å². The number of nitrogens with zero attached hydrogens (tertiary/aromatic N) is 4. The number of hydrogen-bond donors (Lipinski definition) is 4. The van der Waals surface area contributed by atoms with Crippen LogP contribution in [0, 0.1) is 0 Å². The van der Waals surface area contributed by atoms with Gasteiger partial charge in [-0.05, 0) is 33.6 Å². The molecule has 2 aliphatic rings. The minimum absolute atomic E-state index is 0.376. The minimum Gasteiger partial charge on any atom is -0.394 e.